The summed E-state index contributed by atoms with van der Waals surface area (Å²) >= 11 is 0. The molecule has 1 aromatic carbocycles. The fourth-order valence-corrected chi connectivity index (χ4v) is 3.27. The zero-order valence-corrected chi connectivity index (χ0v) is 14.7. The third-order valence-corrected chi connectivity index (χ3v) is 4.62. The highest BCUT2D eigenvalue weighted by molar-refractivity contribution is 6.03. The van der Waals surface area contributed by atoms with E-state index in [1.54, 1.807) is 16.8 Å². The Hall–Kier alpha value is -3.26. The van der Waals surface area contributed by atoms with Gasteiger partial charge in [-0.3, -0.25) is 9.59 Å². The van der Waals surface area contributed by atoms with E-state index < -0.39 is 0 Å². The number of rotatable bonds is 5. The number of amides is 1. The molecule has 1 unspecified atom stereocenters. The lowest BCUT2D eigenvalue weighted by atomic mass is 10.1. The Balaban J connectivity index is 1.53. The highest BCUT2D eigenvalue weighted by atomic mass is 16.2. The van der Waals surface area contributed by atoms with Crippen molar-refractivity contribution in [2.45, 2.75) is 25.4 Å². The van der Waals surface area contributed by atoms with Gasteiger partial charge in [-0.05, 0) is 31.0 Å². The van der Waals surface area contributed by atoms with E-state index in [1.807, 2.05) is 30.3 Å². The van der Waals surface area contributed by atoms with Gasteiger partial charge in [0.2, 0.25) is 0 Å². The van der Waals surface area contributed by atoms with Gasteiger partial charge in [-0.2, -0.15) is 15.4 Å². The third-order valence-electron chi connectivity index (χ3n) is 4.62. The second kappa shape index (κ2) is 7.55. The molecular formula is C19H20N6O2. The minimum absolute atomic E-state index is 0.0385. The maximum Gasteiger partial charge on any atom is 0.278 e. The maximum absolute atomic E-state index is 12.7. The minimum atomic E-state index is -0.350. The van der Waals surface area contributed by atoms with Gasteiger partial charge in [0.05, 0.1) is 18.3 Å². The van der Waals surface area contributed by atoms with Crippen LogP contribution in [0.15, 0.2) is 53.5 Å². The predicted octanol–water partition coefficient (Wildman–Crippen LogP) is 1.69. The Labute approximate surface area is 155 Å². The number of hydrogen-bond acceptors (Lipinski definition) is 5. The zero-order chi connectivity index (χ0) is 18.6. The molecule has 3 aromatic rings. The van der Waals surface area contributed by atoms with Crippen LogP contribution in [0.2, 0.25) is 0 Å². The smallest absolute Gasteiger partial charge is 0.278 e. The van der Waals surface area contributed by atoms with Crippen LogP contribution in [-0.2, 0) is 6.54 Å². The highest BCUT2D eigenvalue weighted by Crippen LogP contribution is 2.23. The topological polar surface area (TPSA) is 105 Å². The van der Waals surface area contributed by atoms with Crippen molar-refractivity contribution in [3.8, 4) is 0 Å². The van der Waals surface area contributed by atoms with Gasteiger partial charge in [-0.1, -0.05) is 30.3 Å². The summed E-state index contributed by atoms with van der Waals surface area (Å²) in [6.45, 7) is 1.34. The van der Waals surface area contributed by atoms with Crippen molar-refractivity contribution in [2.24, 2.45) is 0 Å². The van der Waals surface area contributed by atoms with E-state index in [0.717, 1.165) is 24.9 Å². The lowest BCUT2D eigenvalue weighted by Crippen LogP contribution is -2.23. The second-order valence-electron chi connectivity index (χ2n) is 6.53. The van der Waals surface area contributed by atoms with E-state index in [9.17, 15) is 9.59 Å². The van der Waals surface area contributed by atoms with Crippen LogP contribution >= 0.6 is 0 Å². The fraction of sp³-hybridized carbons (Fsp3) is 0.263. The maximum atomic E-state index is 12.7. The van der Waals surface area contributed by atoms with Gasteiger partial charge in [0, 0.05) is 12.3 Å². The van der Waals surface area contributed by atoms with Crippen molar-refractivity contribution < 1.29 is 4.79 Å². The molecule has 0 bridgehead atoms. The Morgan fingerprint density at radius 2 is 2.04 bits per heavy atom. The van der Waals surface area contributed by atoms with Crippen LogP contribution in [0.3, 0.4) is 0 Å². The lowest BCUT2D eigenvalue weighted by Gasteiger charge is -2.11. The van der Waals surface area contributed by atoms with E-state index in [4.69, 9.17) is 0 Å². The molecule has 1 aliphatic heterocycles. The van der Waals surface area contributed by atoms with Gasteiger partial charge >= 0.3 is 0 Å². The number of hydrogen-bond donors (Lipinski definition) is 3. The second-order valence-corrected chi connectivity index (χ2v) is 6.53. The zero-order valence-electron chi connectivity index (χ0n) is 14.7. The van der Waals surface area contributed by atoms with Gasteiger partial charge in [0.25, 0.3) is 11.5 Å². The number of anilines is 1. The van der Waals surface area contributed by atoms with Crippen molar-refractivity contribution in [1.82, 2.24) is 25.3 Å². The number of nitrogens with zero attached hydrogens (tertiary/aromatic N) is 3. The Morgan fingerprint density at radius 3 is 2.81 bits per heavy atom. The van der Waals surface area contributed by atoms with E-state index in [1.165, 1.54) is 6.07 Å². The number of carbonyl (C=O) groups is 1. The summed E-state index contributed by atoms with van der Waals surface area (Å²) in [5, 5.41) is 16.8. The van der Waals surface area contributed by atoms with Crippen molar-refractivity contribution in [1.29, 1.82) is 0 Å². The molecule has 1 fully saturated rings. The lowest BCUT2D eigenvalue weighted by molar-refractivity contribution is 0.102. The number of aromatic nitrogens is 4. The van der Waals surface area contributed by atoms with E-state index >= 15 is 0 Å². The molecule has 4 rings (SSSR count). The van der Waals surface area contributed by atoms with Crippen molar-refractivity contribution in [3.63, 3.8) is 0 Å². The minimum Gasteiger partial charge on any atom is -0.319 e. The van der Waals surface area contributed by atoms with Crippen LogP contribution in [0.5, 0.6) is 0 Å². The molecule has 3 heterocycles. The Bertz CT molecular complexity index is 989. The van der Waals surface area contributed by atoms with E-state index in [2.05, 4.69) is 26.0 Å². The molecule has 1 amide bonds. The fourth-order valence-electron chi connectivity index (χ4n) is 3.27. The monoisotopic (exact) mass is 364 g/mol. The molecule has 27 heavy (non-hydrogen) atoms. The molecule has 2 aromatic heterocycles. The number of nitrogens with one attached hydrogen (secondary N) is 3. The summed E-state index contributed by atoms with van der Waals surface area (Å²) in [6, 6.07) is 12.8. The van der Waals surface area contributed by atoms with E-state index in [0.29, 0.717) is 17.9 Å². The first kappa shape index (κ1) is 17.2. The average Bonchev–Trinajstić information content (AvgIpc) is 3.36. The molecule has 0 saturated carbocycles. The molecule has 1 saturated heterocycles. The molecule has 0 aliphatic carbocycles. The molecule has 0 radical (unpaired) electrons. The largest absolute Gasteiger partial charge is 0.319 e. The van der Waals surface area contributed by atoms with Gasteiger partial charge in [0.1, 0.15) is 5.69 Å². The molecular weight excluding hydrogens is 344 g/mol. The van der Waals surface area contributed by atoms with Crippen LogP contribution in [0.25, 0.3) is 0 Å². The van der Waals surface area contributed by atoms with Gasteiger partial charge in [0.15, 0.2) is 5.69 Å². The standard InChI is InChI=1S/C19H20N6O2/c26-16-9-8-14(12-25(16)11-13-5-2-1-3-6-13)21-19(27)18-17(22-24-23-18)15-7-4-10-20-15/h1-3,5-6,8-9,12,15,20H,4,7,10-11H2,(H,21,27)(H,22,23,24). The quantitative estimate of drug-likeness (QED) is 0.639. The summed E-state index contributed by atoms with van der Waals surface area (Å²) < 4.78 is 1.56. The van der Waals surface area contributed by atoms with Crippen LogP contribution in [0.1, 0.15) is 40.6 Å². The first-order valence-corrected chi connectivity index (χ1v) is 8.90. The normalized spacial score (nSPS) is 16.4. The number of benzene rings is 1. The molecule has 3 N–H and O–H groups in total. The molecule has 1 atom stereocenters. The summed E-state index contributed by atoms with van der Waals surface area (Å²) in [7, 11) is 0. The average molecular weight is 364 g/mol. The molecule has 138 valence electrons. The Morgan fingerprint density at radius 1 is 1.19 bits per heavy atom. The third kappa shape index (κ3) is 3.80. The van der Waals surface area contributed by atoms with Crippen LogP contribution in [0.4, 0.5) is 5.69 Å². The first-order valence-electron chi connectivity index (χ1n) is 8.90. The number of H-pyrrole nitrogens is 1. The first-order chi connectivity index (χ1) is 13.2. The molecule has 8 heteroatoms. The van der Waals surface area contributed by atoms with Crippen LogP contribution in [-0.4, -0.2) is 32.4 Å². The molecule has 0 spiro atoms. The highest BCUT2D eigenvalue weighted by Gasteiger charge is 2.26. The van der Waals surface area contributed by atoms with Crippen LogP contribution < -0.4 is 16.2 Å². The molecule has 8 nitrogen and oxygen atoms in total. The number of carbonyl (C=O) groups excluding carboxylic acids is 1. The van der Waals surface area contributed by atoms with Crippen molar-refractivity contribution in [3.05, 3.63) is 76.0 Å². The summed E-state index contributed by atoms with van der Waals surface area (Å²) in [6.07, 6.45) is 3.61. The predicted molar refractivity (Wildman–Crippen MR) is 101 cm³/mol. The van der Waals surface area contributed by atoms with E-state index in [-0.39, 0.29) is 23.2 Å². The number of pyridine rings is 1. The van der Waals surface area contributed by atoms with Gasteiger partial charge in [-0.15, -0.1) is 0 Å². The summed E-state index contributed by atoms with van der Waals surface area (Å²) in [5.74, 6) is -0.350. The number of aromatic amines is 1. The summed E-state index contributed by atoms with van der Waals surface area (Å²) in [5.41, 5.74) is 2.31. The van der Waals surface area contributed by atoms with Gasteiger partial charge in [-0.25, -0.2) is 0 Å². The van der Waals surface area contributed by atoms with Gasteiger partial charge < -0.3 is 15.2 Å². The van der Waals surface area contributed by atoms with Crippen molar-refractivity contribution in [2.75, 3.05) is 11.9 Å². The molecule has 1 aliphatic rings. The Kier molecular flexibility index (Phi) is 4.80. The van der Waals surface area contributed by atoms with Crippen LogP contribution in [0, 0.1) is 0 Å². The van der Waals surface area contributed by atoms with Crippen molar-refractivity contribution >= 4 is 11.6 Å². The summed E-state index contributed by atoms with van der Waals surface area (Å²) in [4.78, 5) is 24.8. The SMILES string of the molecule is O=C(Nc1ccc(=O)n(Cc2ccccc2)c1)c1n[nH]nc1C1CCCN1.